The molecule has 3 aromatic rings. The van der Waals surface area contributed by atoms with Crippen LogP contribution in [0.2, 0.25) is 0 Å². The largest absolute Gasteiger partial charge is 0.324 e. The number of nitrogens with zero attached hydrogens (tertiary/aromatic N) is 3. The van der Waals surface area contributed by atoms with E-state index in [2.05, 4.69) is 20.9 Å². The van der Waals surface area contributed by atoms with Crippen LogP contribution in [0.3, 0.4) is 0 Å². The van der Waals surface area contributed by atoms with Crippen LogP contribution in [0.1, 0.15) is 39.0 Å². The summed E-state index contributed by atoms with van der Waals surface area (Å²) in [6.07, 6.45) is 0. The Kier molecular flexibility index (Phi) is 6.01. The van der Waals surface area contributed by atoms with E-state index < -0.39 is 17.6 Å². The van der Waals surface area contributed by atoms with Gasteiger partial charge in [-0.05, 0) is 50.6 Å². The third-order valence-corrected chi connectivity index (χ3v) is 4.49. The number of anilines is 2. The van der Waals surface area contributed by atoms with Gasteiger partial charge in [-0.3, -0.25) is 14.4 Å². The average molecular weight is 409 g/mol. The van der Waals surface area contributed by atoms with E-state index >= 15 is 0 Å². The molecule has 2 N–H and O–H groups in total. The number of carbonyl (C=O) groups excluding carboxylic acids is 3. The van der Waals surface area contributed by atoms with E-state index in [0.29, 0.717) is 28.2 Å². The van der Waals surface area contributed by atoms with Crippen LogP contribution in [0.5, 0.6) is 0 Å². The molecular weight excluding hydrogens is 389 g/mol. The summed E-state index contributed by atoms with van der Waals surface area (Å²) in [6.45, 7) is 4.62. The molecule has 30 heavy (non-hydrogen) atoms. The lowest BCUT2D eigenvalue weighted by molar-refractivity contribution is -0.117. The zero-order valence-electron chi connectivity index (χ0n) is 16.7. The Balaban J connectivity index is 1.69. The molecule has 0 atom stereocenters. The summed E-state index contributed by atoms with van der Waals surface area (Å²) in [7, 11) is 0. The van der Waals surface area contributed by atoms with Crippen molar-refractivity contribution in [3.8, 4) is 0 Å². The number of aromatic nitrogens is 3. The second-order valence-corrected chi connectivity index (χ2v) is 6.78. The minimum absolute atomic E-state index is 0.0324. The smallest absolute Gasteiger partial charge is 0.278 e. The van der Waals surface area contributed by atoms with Crippen LogP contribution < -0.4 is 10.6 Å². The Labute approximate surface area is 172 Å². The fourth-order valence-electron chi connectivity index (χ4n) is 2.78. The highest BCUT2D eigenvalue weighted by atomic mass is 19.1. The quantitative estimate of drug-likeness (QED) is 0.609. The lowest BCUT2D eigenvalue weighted by Crippen LogP contribution is -2.21. The van der Waals surface area contributed by atoms with E-state index in [1.165, 1.54) is 23.7 Å². The number of Topliss-reactive ketones (excluding diaryl/α,β-unsaturated/α-hetero) is 1. The molecule has 0 spiro atoms. The minimum atomic E-state index is -0.554. The molecular formula is C21H20FN5O3. The molecule has 0 bridgehead atoms. The van der Waals surface area contributed by atoms with Gasteiger partial charge in [-0.2, -0.15) is 0 Å². The number of amides is 2. The summed E-state index contributed by atoms with van der Waals surface area (Å²) < 4.78 is 14.7. The summed E-state index contributed by atoms with van der Waals surface area (Å²) in [5.74, 6) is -1.53. The first kappa shape index (κ1) is 20.8. The van der Waals surface area contributed by atoms with E-state index in [9.17, 15) is 18.8 Å². The lowest BCUT2D eigenvalue weighted by atomic mass is 10.1. The van der Waals surface area contributed by atoms with Gasteiger partial charge in [0, 0.05) is 16.9 Å². The first-order valence-electron chi connectivity index (χ1n) is 9.13. The van der Waals surface area contributed by atoms with Crippen LogP contribution >= 0.6 is 0 Å². The summed E-state index contributed by atoms with van der Waals surface area (Å²) in [5.41, 5.74) is 2.40. The summed E-state index contributed by atoms with van der Waals surface area (Å²) in [4.78, 5) is 36.3. The normalized spacial score (nSPS) is 10.5. The number of carbonyl (C=O) groups is 3. The molecule has 1 heterocycles. The van der Waals surface area contributed by atoms with Gasteiger partial charge in [0.05, 0.1) is 5.69 Å². The molecule has 154 valence electrons. The van der Waals surface area contributed by atoms with Gasteiger partial charge < -0.3 is 10.6 Å². The molecule has 2 aromatic carbocycles. The summed E-state index contributed by atoms with van der Waals surface area (Å²) in [6, 6.07) is 10.6. The van der Waals surface area contributed by atoms with Crippen molar-refractivity contribution in [1.29, 1.82) is 0 Å². The van der Waals surface area contributed by atoms with Crippen molar-refractivity contribution >= 4 is 29.0 Å². The fourth-order valence-corrected chi connectivity index (χ4v) is 2.78. The maximum absolute atomic E-state index is 13.4. The van der Waals surface area contributed by atoms with Crippen LogP contribution in [0.4, 0.5) is 15.8 Å². The van der Waals surface area contributed by atoms with Crippen LogP contribution in [0.25, 0.3) is 0 Å². The van der Waals surface area contributed by atoms with Gasteiger partial charge in [-0.15, -0.1) is 5.10 Å². The van der Waals surface area contributed by atoms with Gasteiger partial charge in [0.1, 0.15) is 12.4 Å². The zero-order valence-corrected chi connectivity index (χ0v) is 16.7. The molecule has 2 amide bonds. The molecule has 0 saturated heterocycles. The van der Waals surface area contributed by atoms with E-state index in [1.54, 1.807) is 44.2 Å². The zero-order chi connectivity index (χ0) is 21.8. The third kappa shape index (κ3) is 4.75. The first-order chi connectivity index (χ1) is 14.2. The molecule has 3 rings (SSSR count). The van der Waals surface area contributed by atoms with Gasteiger partial charge in [0.25, 0.3) is 5.91 Å². The van der Waals surface area contributed by atoms with Crippen molar-refractivity contribution < 1.29 is 18.8 Å². The van der Waals surface area contributed by atoms with E-state index in [4.69, 9.17) is 0 Å². The van der Waals surface area contributed by atoms with Gasteiger partial charge in [-0.1, -0.05) is 23.4 Å². The molecule has 0 aliphatic heterocycles. The van der Waals surface area contributed by atoms with Gasteiger partial charge >= 0.3 is 0 Å². The van der Waals surface area contributed by atoms with Gasteiger partial charge in [0.2, 0.25) is 5.91 Å². The maximum Gasteiger partial charge on any atom is 0.278 e. The molecule has 1 aromatic heterocycles. The van der Waals surface area contributed by atoms with Crippen molar-refractivity contribution in [3.05, 3.63) is 70.8 Å². The van der Waals surface area contributed by atoms with Crippen molar-refractivity contribution in [2.45, 2.75) is 27.3 Å². The second kappa shape index (κ2) is 8.64. The van der Waals surface area contributed by atoms with E-state index in [-0.39, 0.29) is 18.0 Å². The average Bonchev–Trinajstić information content (AvgIpc) is 3.05. The number of nitrogens with one attached hydrogen (secondary N) is 2. The highest BCUT2D eigenvalue weighted by Crippen LogP contribution is 2.17. The highest BCUT2D eigenvalue weighted by molar-refractivity contribution is 6.04. The number of aryl methyl sites for hydroxylation is 1. The predicted molar refractivity (Wildman–Crippen MR) is 109 cm³/mol. The Morgan fingerprint density at radius 2 is 1.83 bits per heavy atom. The van der Waals surface area contributed by atoms with Gasteiger partial charge in [-0.25, -0.2) is 9.07 Å². The van der Waals surface area contributed by atoms with Crippen LogP contribution in [-0.2, 0) is 11.3 Å². The maximum atomic E-state index is 13.4. The SMILES string of the molecule is CC(=O)c1cccc(NC(=O)Cn2nnc(C(=O)Nc3cc(F)ccc3C)c2C)c1. The molecule has 0 aliphatic rings. The Bertz CT molecular complexity index is 1140. The lowest BCUT2D eigenvalue weighted by Gasteiger charge is -2.08. The number of hydrogen-bond acceptors (Lipinski definition) is 5. The number of benzene rings is 2. The molecule has 8 nitrogen and oxygen atoms in total. The van der Waals surface area contributed by atoms with E-state index in [0.717, 1.165) is 0 Å². The predicted octanol–water partition coefficient (Wildman–Crippen LogP) is 3.13. The van der Waals surface area contributed by atoms with Crippen LogP contribution in [0, 0.1) is 19.7 Å². The standard InChI is InChI=1S/C21H20FN5O3/c1-12-7-8-16(22)10-18(12)24-21(30)20-13(2)27(26-25-20)11-19(29)23-17-6-4-5-15(9-17)14(3)28/h4-10H,11H2,1-3H3,(H,23,29)(H,24,30). The Hall–Kier alpha value is -3.88. The summed E-state index contributed by atoms with van der Waals surface area (Å²) >= 11 is 0. The molecule has 0 radical (unpaired) electrons. The molecule has 9 heteroatoms. The Morgan fingerprint density at radius 3 is 2.57 bits per heavy atom. The Morgan fingerprint density at radius 1 is 1.07 bits per heavy atom. The van der Waals surface area contributed by atoms with Crippen molar-refractivity contribution in [2.24, 2.45) is 0 Å². The number of halogens is 1. The molecule has 0 saturated carbocycles. The summed E-state index contributed by atoms with van der Waals surface area (Å²) in [5, 5.41) is 13.0. The topological polar surface area (TPSA) is 106 Å². The first-order valence-corrected chi connectivity index (χ1v) is 9.13. The monoisotopic (exact) mass is 409 g/mol. The number of rotatable bonds is 6. The van der Waals surface area contributed by atoms with Gasteiger partial charge in [0.15, 0.2) is 11.5 Å². The third-order valence-electron chi connectivity index (χ3n) is 4.49. The number of ketones is 1. The minimum Gasteiger partial charge on any atom is -0.324 e. The van der Waals surface area contributed by atoms with Crippen molar-refractivity contribution in [1.82, 2.24) is 15.0 Å². The van der Waals surface area contributed by atoms with Crippen molar-refractivity contribution in [3.63, 3.8) is 0 Å². The van der Waals surface area contributed by atoms with Crippen molar-refractivity contribution in [2.75, 3.05) is 10.6 Å². The fraction of sp³-hybridized carbons (Fsp3) is 0.190. The number of hydrogen-bond donors (Lipinski definition) is 2. The highest BCUT2D eigenvalue weighted by Gasteiger charge is 2.19. The van der Waals surface area contributed by atoms with Crippen LogP contribution in [-0.4, -0.2) is 32.6 Å². The molecule has 0 unspecified atom stereocenters. The molecule has 0 fully saturated rings. The second-order valence-electron chi connectivity index (χ2n) is 6.78. The van der Waals surface area contributed by atoms with E-state index in [1.807, 2.05) is 0 Å². The molecule has 0 aliphatic carbocycles. The van der Waals surface area contributed by atoms with Crippen LogP contribution in [0.15, 0.2) is 42.5 Å².